The van der Waals surface area contributed by atoms with Crippen molar-refractivity contribution in [1.29, 1.82) is 0 Å². The summed E-state index contributed by atoms with van der Waals surface area (Å²) in [7, 11) is 0. The first-order valence-corrected chi connectivity index (χ1v) is 13.1. The molecule has 0 aliphatic carbocycles. The summed E-state index contributed by atoms with van der Waals surface area (Å²) in [6.45, 7) is 0. The monoisotopic (exact) mass is 554 g/mol. The SMILES string of the molecule is O=C(Nc1ccccc1NC(=O)c1cccc(C(=O)Nc2ccccc2NC(=O)c2ccccc2)c1)c1ccccc1. The van der Waals surface area contributed by atoms with E-state index in [1.165, 1.54) is 6.07 Å². The van der Waals surface area contributed by atoms with Gasteiger partial charge in [-0.3, -0.25) is 19.2 Å². The van der Waals surface area contributed by atoms with E-state index in [0.29, 0.717) is 33.9 Å². The second-order valence-corrected chi connectivity index (χ2v) is 9.22. The van der Waals surface area contributed by atoms with Crippen LogP contribution in [0.4, 0.5) is 22.7 Å². The molecular formula is C34H26N4O4. The van der Waals surface area contributed by atoms with Gasteiger partial charge in [-0.1, -0.05) is 66.7 Å². The minimum Gasteiger partial charge on any atom is -0.320 e. The molecule has 4 amide bonds. The van der Waals surface area contributed by atoms with Gasteiger partial charge in [0.25, 0.3) is 23.6 Å². The maximum absolute atomic E-state index is 13.2. The highest BCUT2D eigenvalue weighted by Gasteiger charge is 2.16. The number of carbonyl (C=O) groups excluding carboxylic acids is 4. The number of benzene rings is 5. The summed E-state index contributed by atoms with van der Waals surface area (Å²) in [6, 6.07) is 37.5. The zero-order valence-electron chi connectivity index (χ0n) is 22.3. The molecule has 0 spiro atoms. The minimum atomic E-state index is -0.457. The van der Waals surface area contributed by atoms with Crippen LogP contribution in [0, 0.1) is 0 Å². The number of amides is 4. The Morgan fingerprint density at radius 1 is 0.310 bits per heavy atom. The van der Waals surface area contributed by atoms with Crippen LogP contribution in [0.5, 0.6) is 0 Å². The Hall–Kier alpha value is -6.02. The summed E-state index contributed by atoms with van der Waals surface area (Å²) < 4.78 is 0. The molecule has 42 heavy (non-hydrogen) atoms. The van der Waals surface area contributed by atoms with Crippen LogP contribution in [-0.4, -0.2) is 23.6 Å². The lowest BCUT2D eigenvalue weighted by Gasteiger charge is -2.14. The summed E-state index contributed by atoms with van der Waals surface area (Å²) in [5.41, 5.74) is 3.15. The molecule has 0 fully saturated rings. The zero-order chi connectivity index (χ0) is 29.3. The molecule has 0 aromatic heterocycles. The van der Waals surface area contributed by atoms with Crippen LogP contribution in [0.1, 0.15) is 41.4 Å². The molecule has 4 N–H and O–H groups in total. The topological polar surface area (TPSA) is 116 Å². The van der Waals surface area contributed by atoms with E-state index in [2.05, 4.69) is 21.3 Å². The molecular weight excluding hydrogens is 528 g/mol. The molecule has 5 aromatic rings. The van der Waals surface area contributed by atoms with E-state index in [4.69, 9.17) is 0 Å². The van der Waals surface area contributed by atoms with E-state index in [1.807, 2.05) is 12.1 Å². The van der Waals surface area contributed by atoms with Crippen LogP contribution in [0.25, 0.3) is 0 Å². The molecule has 8 nitrogen and oxygen atoms in total. The van der Waals surface area contributed by atoms with Gasteiger partial charge in [-0.2, -0.15) is 0 Å². The Morgan fingerprint density at radius 3 is 0.905 bits per heavy atom. The van der Waals surface area contributed by atoms with Crippen molar-refractivity contribution >= 4 is 46.4 Å². The molecule has 0 saturated carbocycles. The Labute approximate surface area is 242 Å². The number of para-hydroxylation sites is 4. The highest BCUT2D eigenvalue weighted by Crippen LogP contribution is 2.24. The van der Waals surface area contributed by atoms with Gasteiger partial charge in [0.1, 0.15) is 0 Å². The standard InChI is InChI=1S/C34H26N4O4/c39-31(23-12-3-1-4-13-23)35-27-18-7-9-20-29(27)37-33(41)25-16-11-17-26(22-25)34(42)38-30-21-10-8-19-28(30)36-32(40)24-14-5-2-6-15-24/h1-22H,(H,35,39)(H,36,40)(H,37,41)(H,38,42). The lowest BCUT2D eigenvalue weighted by Crippen LogP contribution is -2.18. The van der Waals surface area contributed by atoms with E-state index in [1.54, 1.807) is 115 Å². The average Bonchev–Trinajstić information content (AvgIpc) is 3.03. The van der Waals surface area contributed by atoms with Gasteiger partial charge in [0.05, 0.1) is 22.7 Å². The van der Waals surface area contributed by atoms with E-state index >= 15 is 0 Å². The molecule has 0 atom stereocenters. The summed E-state index contributed by atoms with van der Waals surface area (Å²) >= 11 is 0. The number of rotatable bonds is 8. The van der Waals surface area contributed by atoms with Crippen molar-refractivity contribution in [2.45, 2.75) is 0 Å². The van der Waals surface area contributed by atoms with Crippen molar-refractivity contribution in [1.82, 2.24) is 0 Å². The Balaban J connectivity index is 1.28. The van der Waals surface area contributed by atoms with Crippen molar-refractivity contribution in [2.75, 3.05) is 21.3 Å². The molecule has 0 aliphatic rings. The highest BCUT2D eigenvalue weighted by atomic mass is 16.2. The second kappa shape index (κ2) is 12.9. The van der Waals surface area contributed by atoms with Gasteiger partial charge < -0.3 is 21.3 Å². The van der Waals surface area contributed by atoms with E-state index in [0.717, 1.165) is 0 Å². The van der Waals surface area contributed by atoms with Gasteiger partial charge in [0, 0.05) is 22.3 Å². The quantitative estimate of drug-likeness (QED) is 0.171. The van der Waals surface area contributed by atoms with E-state index < -0.39 is 11.8 Å². The molecule has 0 aliphatic heterocycles. The third kappa shape index (κ3) is 6.75. The molecule has 0 saturated heterocycles. The molecule has 0 bridgehead atoms. The van der Waals surface area contributed by atoms with Crippen molar-refractivity contribution in [3.05, 3.63) is 156 Å². The van der Waals surface area contributed by atoms with Gasteiger partial charge in [-0.15, -0.1) is 0 Å². The van der Waals surface area contributed by atoms with Crippen molar-refractivity contribution in [3.8, 4) is 0 Å². The van der Waals surface area contributed by atoms with Crippen LogP contribution < -0.4 is 21.3 Å². The molecule has 5 rings (SSSR count). The third-order valence-corrected chi connectivity index (χ3v) is 6.31. The van der Waals surface area contributed by atoms with E-state index in [-0.39, 0.29) is 22.9 Å². The second-order valence-electron chi connectivity index (χ2n) is 9.22. The first-order valence-electron chi connectivity index (χ1n) is 13.1. The zero-order valence-corrected chi connectivity index (χ0v) is 22.3. The largest absolute Gasteiger partial charge is 0.320 e. The molecule has 8 heteroatoms. The number of hydrogen-bond donors (Lipinski definition) is 4. The van der Waals surface area contributed by atoms with Crippen LogP contribution >= 0.6 is 0 Å². The first kappa shape index (κ1) is 27.5. The van der Waals surface area contributed by atoms with Crippen LogP contribution in [0.3, 0.4) is 0 Å². The predicted molar refractivity (Wildman–Crippen MR) is 164 cm³/mol. The van der Waals surface area contributed by atoms with Crippen LogP contribution in [0.2, 0.25) is 0 Å². The van der Waals surface area contributed by atoms with Gasteiger partial charge in [0.15, 0.2) is 0 Å². The van der Waals surface area contributed by atoms with Crippen LogP contribution in [-0.2, 0) is 0 Å². The molecule has 0 radical (unpaired) electrons. The van der Waals surface area contributed by atoms with Crippen molar-refractivity contribution < 1.29 is 19.2 Å². The van der Waals surface area contributed by atoms with Gasteiger partial charge in [-0.05, 0) is 66.7 Å². The van der Waals surface area contributed by atoms with Crippen molar-refractivity contribution in [3.63, 3.8) is 0 Å². The number of hydrogen-bond acceptors (Lipinski definition) is 4. The normalized spacial score (nSPS) is 10.3. The molecule has 0 unspecified atom stereocenters. The smallest absolute Gasteiger partial charge is 0.255 e. The fraction of sp³-hybridized carbons (Fsp3) is 0. The maximum atomic E-state index is 13.2. The Morgan fingerprint density at radius 2 is 0.571 bits per heavy atom. The molecule has 206 valence electrons. The predicted octanol–water partition coefficient (Wildman–Crippen LogP) is 6.70. The maximum Gasteiger partial charge on any atom is 0.255 e. The Bertz CT molecular complexity index is 1630. The fourth-order valence-corrected chi connectivity index (χ4v) is 4.16. The number of anilines is 4. The van der Waals surface area contributed by atoms with E-state index in [9.17, 15) is 19.2 Å². The number of carbonyl (C=O) groups is 4. The van der Waals surface area contributed by atoms with Gasteiger partial charge >= 0.3 is 0 Å². The summed E-state index contributed by atoms with van der Waals surface area (Å²) in [5.74, 6) is -1.53. The van der Waals surface area contributed by atoms with Gasteiger partial charge in [0.2, 0.25) is 0 Å². The number of nitrogens with one attached hydrogen (secondary N) is 4. The summed E-state index contributed by atoms with van der Waals surface area (Å²) in [4.78, 5) is 51.6. The highest BCUT2D eigenvalue weighted by molar-refractivity contribution is 6.13. The average molecular weight is 555 g/mol. The fourth-order valence-electron chi connectivity index (χ4n) is 4.16. The Kier molecular flexibility index (Phi) is 8.45. The first-order chi connectivity index (χ1) is 20.5. The van der Waals surface area contributed by atoms with Crippen molar-refractivity contribution in [2.24, 2.45) is 0 Å². The lowest BCUT2D eigenvalue weighted by molar-refractivity contribution is 0.101. The van der Waals surface area contributed by atoms with Crippen LogP contribution in [0.15, 0.2) is 133 Å². The minimum absolute atomic E-state index is 0.248. The molecule has 0 heterocycles. The third-order valence-electron chi connectivity index (χ3n) is 6.31. The van der Waals surface area contributed by atoms with Gasteiger partial charge in [-0.25, -0.2) is 0 Å². The summed E-state index contributed by atoms with van der Waals surface area (Å²) in [6.07, 6.45) is 0. The summed E-state index contributed by atoms with van der Waals surface area (Å²) in [5, 5.41) is 11.3. The molecule has 5 aromatic carbocycles. The lowest BCUT2D eigenvalue weighted by atomic mass is 10.1.